The van der Waals surface area contributed by atoms with E-state index >= 15 is 0 Å². The van der Waals surface area contributed by atoms with E-state index in [0.29, 0.717) is 24.2 Å². The molecule has 4 N–H and O–H groups in total. The number of rotatable bonds is 5. The highest BCUT2D eigenvalue weighted by molar-refractivity contribution is 5.99. The molecule has 6 heteroatoms. The number of nitrogens with zero attached hydrogens (tertiary/aromatic N) is 1. The molecule has 0 aromatic heterocycles. The van der Waals surface area contributed by atoms with Crippen LogP contribution >= 0.6 is 12.4 Å². The van der Waals surface area contributed by atoms with Crippen LogP contribution < -0.4 is 11.5 Å². The van der Waals surface area contributed by atoms with Gasteiger partial charge < -0.3 is 16.4 Å². The van der Waals surface area contributed by atoms with Crippen molar-refractivity contribution in [1.82, 2.24) is 4.90 Å². The number of benzene rings is 1. The first kappa shape index (κ1) is 18.4. The van der Waals surface area contributed by atoms with Crippen LogP contribution in [0.15, 0.2) is 24.3 Å². The van der Waals surface area contributed by atoms with E-state index in [1.807, 2.05) is 13.8 Å². The van der Waals surface area contributed by atoms with Gasteiger partial charge in [0.25, 0.3) is 5.91 Å². The maximum atomic E-state index is 12.2. The number of hydrogen-bond donors (Lipinski definition) is 2. The van der Waals surface area contributed by atoms with Crippen LogP contribution in [0.4, 0.5) is 0 Å². The second kappa shape index (κ2) is 7.26. The van der Waals surface area contributed by atoms with Gasteiger partial charge in [-0.15, -0.1) is 12.4 Å². The predicted octanol–water partition coefficient (Wildman–Crippen LogP) is 1.26. The van der Waals surface area contributed by atoms with E-state index in [1.54, 1.807) is 30.1 Å². The van der Waals surface area contributed by atoms with Crippen LogP contribution in [0.3, 0.4) is 0 Å². The maximum Gasteiger partial charge on any atom is 0.253 e. The molecule has 0 aliphatic rings. The Bertz CT molecular complexity index is 489. The summed E-state index contributed by atoms with van der Waals surface area (Å²) in [5.41, 5.74) is 11.5. The Morgan fingerprint density at radius 1 is 1.25 bits per heavy atom. The molecule has 0 aliphatic heterocycles. The maximum absolute atomic E-state index is 12.2. The zero-order chi connectivity index (χ0) is 14.6. The molecule has 0 radical (unpaired) electrons. The van der Waals surface area contributed by atoms with E-state index in [9.17, 15) is 9.59 Å². The van der Waals surface area contributed by atoms with Crippen LogP contribution in [0.1, 0.15) is 34.6 Å². The van der Waals surface area contributed by atoms with E-state index in [-0.39, 0.29) is 23.7 Å². The SMILES string of the molecule is CN(CC(C)(C)CN)C(=O)c1cccc(C(N)=O)c1.Cl. The summed E-state index contributed by atoms with van der Waals surface area (Å²) in [5, 5.41) is 0. The van der Waals surface area contributed by atoms with Crippen molar-refractivity contribution in [3.05, 3.63) is 35.4 Å². The molecule has 5 nitrogen and oxygen atoms in total. The number of amides is 2. The van der Waals surface area contributed by atoms with Crippen LogP contribution in [-0.2, 0) is 0 Å². The zero-order valence-electron chi connectivity index (χ0n) is 12.1. The van der Waals surface area contributed by atoms with Gasteiger partial charge >= 0.3 is 0 Å². The number of carbonyl (C=O) groups is 2. The first-order valence-electron chi connectivity index (χ1n) is 6.12. The third kappa shape index (κ3) is 4.83. The minimum Gasteiger partial charge on any atom is -0.366 e. The van der Waals surface area contributed by atoms with Crippen molar-refractivity contribution in [2.24, 2.45) is 16.9 Å². The van der Waals surface area contributed by atoms with Crippen LogP contribution in [-0.4, -0.2) is 36.9 Å². The highest BCUT2D eigenvalue weighted by Crippen LogP contribution is 2.16. The Balaban J connectivity index is 0.00000361. The molecular formula is C14H22ClN3O2. The third-order valence-electron chi connectivity index (χ3n) is 2.96. The monoisotopic (exact) mass is 299 g/mol. The van der Waals surface area contributed by atoms with Crippen molar-refractivity contribution in [3.63, 3.8) is 0 Å². The van der Waals surface area contributed by atoms with E-state index in [4.69, 9.17) is 11.5 Å². The highest BCUT2D eigenvalue weighted by atomic mass is 35.5. The van der Waals surface area contributed by atoms with E-state index in [2.05, 4.69) is 0 Å². The lowest BCUT2D eigenvalue weighted by Gasteiger charge is -2.29. The molecule has 0 atom stereocenters. The lowest BCUT2D eigenvalue weighted by atomic mass is 9.93. The average molecular weight is 300 g/mol. The summed E-state index contributed by atoms with van der Waals surface area (Å²) in [4.78, 5) is 25.0. The molecule has 1 aromatic carbocycles. The number of nitrogens with two attached hydrogens (primary N) is 2. The minimum atomic E-state index is -0.542. The van der Waals surface area contributed by atoms with Gasteiger partial charge in [0, 0.05) is 24.7 Å². The topological polar surface area (TPSA) is 89.4 Å². The molecule has 0 heterocycles. The summed E-state index contributed by atoms with van der Waals surface area (Å²) < 4.78 is 0. The smallest absolute Gasteiger partial charge is 0.253 e. The van der Waals surface area contributed by atoms with Gasteiger partial charge in [-0.2, -0.15) is 0 Å². The van der Waals surface area contributed by atoms with Crippen LogP contribution in [0, 0.1) is 5.41 Å². The Morgan fingerprint density at radius 2 is 1.80 bits per heavy atom. The summed E-state index contributed by atoms with van der Waals surface area (Å²) in [7, 11) is 1.72. The largest absolute Gasteiger partial charge is 0.366 e. The van der Waals surface area contributed by atoms with E-state index in [1.165, 1.54) is 6.07 Å². The van der Waals surface area contributed by atoms with Crippen molar-refractivity contribution in [3.8, 4) is 0 Å². The zero-order valence-corrected chi connectivity index (χ0v) is 12.9. The molecule has 0 aliphatic carbocycles. The summed E-state index contributed by atoms with van der Waals surface area (Å²) in [5.74, 6) is -0.691. The van der Waals surface area contributed by atoms with E-state index < -0.39 is 5.91 Å². The Morgan fingerprint density at radius 3 is 2.30 bits per heavy atom. The second-order valence-electron chi connectivity index (χ2n) is 5.47. The highest BCUT2D eigenvalue weighted by Gasteiger charge is 2.22. The molecule has 0 saturated carbocycles. The molecule has 2 amide bonds. The van der Waals surface area contributed by atoms with Gasteiger partial charge in [0.15, 0.2) is 0 Å². The Hall–Kier alpha value is -1.59. The fourth-order valence-electron chi connectivity index (χ4n) is 1.80. The van der Waals surface area contributed by atoms with Crippen molar-refractivity contribution in [2.75, 3.05) is 20.1 Å². The van der Waals surface area contributed by atoms with Crippen LogP contribution in [0.5, 0.6) is 0 Å². The fourth-order valence-corrected chi connectivity index (χ4v) is 1.80. The quantitative estimate of drug-likeness (QED) is 0.858. The Kier molecular flexibility index (Phi) is 6.68. The molecule has 1 aromatic rings. The molecule has 20 heavy (non-hydrogen) atoms. The van der Waals surface area contributed by atoms with Gasteiger partial charge in [0.1, 0.15) is 0 Å². The average Bonchev–Trinajstić information content (AvgIpc) is 2.37. The first-order chi connectivity index (χ1) is 8.76. The molecule has 112 valence electrons. The fraction of sp³-hybridized carbons (Fsp3) is 0.429. The van der Waals surface area contributed by atoms with Crippen molar-refractivity contribution >= 4 is 24.2 Å². The normalized spacial score (nSPS) is 10.6. The van der Waals surface area contributed by atoms with Gasteiger partial charge in [0.2, 0.25) is 5.91 Å². The number of hydrogen-bond acceptors (Lipinski definition) is 3. The third-order valence-corrected chi connectivity index (χ3v) is 2.96. The second-order valence-corrected chi connectivity index (χ2v) is 5.47. The molecule has 0 fully saturated rings. The standard InChI is InChI=1S/C14H21N3O2.ClH/c1-14(2,8-15)9-17(3)13(19)11-6-4-5-10(7-11)12(16)18;/h4-7H,8-9,15H2,1-3H3,(H2,16,18);1H. The Labute approximate surface area is 125 Å². The van der Waals surface area contributed by atoms with Gasteiger partial charge in [-0.05, 0) is 30.2 Å². The molecule has 0 spiro atoms. The summed E-state index contributed by atoms with van der Waals surface area (Å²) in [6.07, 6.45) is 0. The number of carbonyl (C=O) groups excluding carboxylic acids is 2. The van der Waals surface area contributed by atoms with Gasteiger partial charge in [-0.1, -0.05) is 19.9 Å². The lowest BCUT2D eigenvalue weighted by Crippen LogP contribution is -2.39. The van der Waals surface area contributed by atoms with Crippen molar-refractivity contribution < 1.29 is 9.59 Å². The molecular weight excluding hydrogens is 278 g/mol. The first-order valence-corrected chi connectivity index (χ1v) is 6.12. The molecule has 0 saturated heterocycles. The summed E-state index contributed by atoms with van der Waals surface area (Å²) in [6.45, 7) is 5.03. The molecule has 0 bridgehead atoms. The number of primary amides is 1. The molecule has 1 rings (SSSR count). The lowest BCUT2D eigenvalue weighted by molar-refractivity contribution is 0.0740. The predicted molar refractivity (Wildman–Crippen MR) is 82.0 cm³/mol. The van der Waals surface area contributed by atoms with Crippen molar-refractivity contribution in [1.29, 1.82) is 0 Å². The van der Waals surface area contributed by atoms with Crippen molar-refractivity contribution in [2.45, 2.75) is 13.8 Å². The van der Waals surface area contributed by atoms with E-state index in [0.717, 1.165) is 0 Å². The summed E-state index contributed by atoms with van der Waals surface area (Å²) >= 11 is 0. The van der Waals surface area contributed by atoms with Gasteiger partial charge in [-0.3, -0.25) is 9.59 Å². The summed E-state index contributed by atoms with van der Waals surface area (Å²) in [6, 6.07) is 6.41. The number of halogens is 1. The molecule has 0 unspecified atom stereocenters. The van der Waals surface area contributed by atoms with Crippen LogP contribution in [0.2, 0.25) is 0 Å². The van der Waals surface area contributed by atoms with Gasteiger partial charge in [0.05, 0.1) is 0 Å². The minimum absolute atomic E-state index is 0. The van der Waals surface area contributed by atoms with Gasteiger partial charge in [-0.25, -0.2) is 0 Å². The van der Waals surface area contributed by atoms with Crippen LogP contribution in [0.25, 0.3) is 0 Å².